The summed E-state index contributed by atoms with van der Waals surface area (Å²) in [6.07, 6.45) is 33.7. The Kier molecular flexibility index (Phi) is 8.20. The molecule has 5 aliphatic rings. The van der Waals surface area contributed by atoms with Gasteiger partial charge in [-0.3, -0.25) is 15.0 Å². The van der Waals surface area contributed by atoms with Gasteiger partial charge in [0, 0.05) is 41.8 Å². The lowest BCUT2D eigenvalue weighted by atomic mass is 9.74. The van der Waals surface area contributed by atoms with Crippen molar-refractivity contribution in [1.29, 1.82) is 0 Å². The van der Waals surface area contributed by atoms with Gasteiger partial charge in [-0.1, -0.05) is 111 Å². The Labute approximate surface area is 262 Å². The molecule has 44 heavy (non-hydrogen) atoms. The molecule has 0 spiro atoms. The van der Waals surface area contributed by atoms with Gasteiger partial charge in [-0.05, 0) is 78.5 Å². The number of pyridine rings is 1. The number of dihydropyridines is 1. The first kappa shape index (κ1) is 28.4. The van der Waals surface area contributed by atoms with Gasteiger partial charge in [-0.15, -0.1) is 0 Å². The van der Waals surface area contributed by atoms with Crippen LogP contribution in [0.1, 0.15) is 62.6 Å². The summed E-state index contributed by atoms with van der Waals surface area (Å²) >= 11 is 0. The normalized spacial score (nSPS) is 27.8. The van der Waals surface area contributed by atoms with Crippen molar-refractivity contribution >= 4 is 11.9 Å². The second-order valence-electron chi connectivity index (χ2n) is 12.7. The fraction of sp³-hybridized carbons (Fsp3) is 0.293. The molecular weight excluding hydrogens is 534 g/mol. The molecule has 2 aliphatic heterocycles. The molecule has 3 heterocycles. The molecule has 1 aromatic heterocycles. The van der Waals surface area contributed by atoms with E-state index in [1.807, 2.05) is 0 Å². The van der Waals surface area contributed by atoms with Crippen molar-refractivity contribution in [3.05, 3.63) is 149 Å². The van der Waals surface area contributed by atoms with E-state index in [1.165, 1.54) is 22.3 Å². The molecule has 0 saturated heterocycles. The standard InChI is InChI=1S/C41H41N3/c1-28-18-20-38(42-26-28)35-22-36(29(2)37(23-35)39-21-19-33(27-43-39)30-12-6-3-7-13-30)34-24-40(31-14-8-4-9-15-31)44-41(25-34)32-16-10-5-11-17-32/h3-6,8-12,14-16,19-26,28-29,32-33,36H,7,13,17-18,27H2,1-2H3. The van der Waals surface area contributed by atoms with Gasteiger partial charge in [0.2, 0.25) is 0 Å². The van der Waals surface area contributed by atoms with Crippen molar-refractivity contribution < 1.29 is 0 Å². The smallest absolute Gasteiger partial charge is 0.0708 e. The van der Waals surface area contributed by atoms with Crippen LogP contribution in [0.4, 0.5) is 0 Å². The Bertz CT molecular complexity index is 1720. The number of hydrogen-bond donors (Lipinski definition) is 0. The summed E-state index contributed by atoms with van der Waals surface area (Å²) < 4.78 is 0. The van der Waals surface area contributed by atoms with E-state index in [-0.39, 0.29) is 17.8 Å². The molecule has 0 amide bonds. The van der Waals surface area contributed by atoms with Crippen LogP contribution in [-0.4, -0.2) is 23.5 Å². The van der Waals surface area contributed by atoms with Gasteiger partial charge < -0.3 is 0 Å². The highest BCUT2D eigenvalue weighted by Crippen LogP contribution is 2.42. The summed E-state index contributed by atoms with van der Waals surface area (Å²) in [5.41, 5.74) is 10.8. The topological polar surface area (TPSA) is 37.6 Å². The Hall–Kier alpha value is -4.37. The summed E-state index contributed by atoms with van der Waals surface area (Å²) in [6, 6.07) is 15.3. The Morgan fingerprint density at radius 1 is 0.886 bits per heavy atom. The van der Waals surface area contributed by atoms with Crippen LogP contribution in [-0.2, 0) is 0 Å². The van der Waals surface area contributed by atoms with Gasteiger partial charge in [-0.2, -0.15) is 0 Å². The number of nitrogens with zero attached hydrogens (tertiary/aromatic N) is 3. The molecule has 0 N–H and O–H groups in total. The maximum Gasteiger partial charge on any atom is 0.0708 e. The van der Waals surface area contributed by atoms with Crippen LogP contribution in [0.3, 0.4) is 0 Å². The first-order valence-corrected chi connectivity index (χ1v) is 16.3. The lowest BCUT2D eigenvalue weighted by Crippen LogP contribution is -2.23. The van der Waals surface area contributed by atoms with E-state index in [0.29, 0.717) is 11.8 Å². The minimum atomic E-state index is 0.174. The number of aromatic nitrogens is 1. The Morgan fingerprint density at radius 2 is 1.80 bits per heavy atom. The van der Waals surface area contributed by atoms with Gasteiger partial charge >= 0.3 is 0 Å². The maximum atomic E-state index is 5.23. The van der Waals surface area contributed by atoms with E-state index < -0.39 is 0 Å². The number of rotatable bonds is 6. The van der Waals surface area contributed by atoms with Crippen molar-refractivity contribution in [2.24, 2.45) is 27.7 Å². The third-order valence-corrected chi connectivity index (χ3v) is 9.59. The maximum absolute atomic E-state index is 5.23. The third kappa shape index (κ3) is 6.01. The second-order valence-corrected chi connectivity index (χ2v) is 12.7. The zero-order valence-electron chi connectivity index (χ0n) is 25.8. The number of allylic oxidation sites excluding steroid dienone is 12. The number of benzene rings is 1. The first-order chi connectivity index (χ1) is 21.6. The van der Waals surface area contributed by atoms with Crippen LogP contribution in [0.5, 0.6) is 0 Å². The summed E-state index contributed by atoms with van der Waals surface area (Å²) in [4.78, 5) is 15.4. The van der Waals surface area contributed by atoms with Crippen LogP contribution >= 0.6 is 0 Å². The predicted molar refractivity (Wildman–Crippen MR) is 185 cm³/mol. The average Bonchev–Trinajstić information content (AvgIpc) is 3.10. The molecule has 2 aromatic rings. The second kappa shape index (κ2) is 12.7. The zero-order chi connectivity index (χ0) is 29.9. The van der Waals surface area contributed by atoms with Crippen molar-refractivity contribution in [3.8, 4) is 11.3 Å². The minimum absolute atomic E-state index is 0.174. The SMILES string of the molecule is CC1C=NC(C2=CC(c3cc(-c4ccccc4)nc(C4C=CC=CC4)c3)C(C)C(C3=NCC(C4=CC=CCC4)C=C3)=C2)=CC1. The monoisotopic (exact) mass is 575 g/mol. The fourth-order valence-electron chi connectivity index (χ4n) is 6.93. The van der Waals surface area contributed by atoms with Gasteiger partial charge in [0.05, 0.1) is 17.1 Å². The fourth-order valence-corrected chi connectivity index (χ4v) is 6.93. The minimum Gasteiger partial charge on any atom is -0.284 e. The lowest BCUT2D eigenvalue weighted by molar-refractivity contribution is 0.609. The van der Waals surface area contributed by atoms with E-state index in [4.69, 9.17) is 15.0 Å². The van der Waals surface area contributed by atoms with Crippen LogP contribution in [0, 0.1) is 17.8 Å². The molecule has 3 aliphatic carbocycles. The highest BCUT2D eigenvalue weighted by atomic mass is 14.8. The van der Waals surface area contributed by atoms with E-state index in [1.54, 1.807) is 0 Å². The lowest BCUT2D eigenvalue weighted by Gasteiger charge is -2.32. The van der Waals surface area contributed by atoms with Crippen LogP contribution in [0.25, 0.3) is 11.3 Å². The van der Waals surface area contributed by atoms with Crippen molar-refractivity contribution in [3.63, 3.8) is 0 Å². The Balaban J connectivity index is 1.29. The van der Waals surface area contributed by atoms with Crippen LogP contribution < -0.4 is 0 Å². The van der Waals surface area contributed by atoms with Crippen molar-refractivity contribution in [1.82, 2.24) is 4.98 Å². The summed E-state index contributed by atoms with van der Waals surface area (Å²) in [6.45, 7) is 5.41. The van der Waals surface area contributed by atoms with Crippen molar-refractivity contribution in [2.45, 2.75) is 51.4 Å². The van der Waals surface area contributed by atoms with E-state index in [0.717, 1.165) is 60.6 Å². The van der Waals surface area contributed by atoms with Crippen LogP contribution in [0.15, 0.2) is 148 Å². The summed E-state index contributed by atoms with van der Waals surface area (Å²) in [7, 11) is 0. The molecule has 7 rings (SSSR count). The molecule has 5 atom stereocenters. The molecular formula is C41H41N3. The summed E-state index contributed by atoms with van der Waals surface area (Å²) in [5, 5.41) is 0. The highest BCUT2D eigenvalue weighted by Gasteiger charge is 2.31. The number of hydrogen-bond acceptors (Lipinski definition) is 3. The highest BCUT2D eigenvalue weighted by molar-refractivity contribution is 6.10. The molecule has 3 heteroatoms. The van der Waals surface area contributed by atoms with Gasteiger partial charge in [0.25, 0.3) is 0 Å². The van der Waals surface area contributed by atoms with E-state index >= 15 is 0 Å². The van der Waals surface area contributed by atoms with Gasteiger partial charge in [0.1, 0.15) is 0 Å². The molecule has 220 valence electrons. The van der Waals surface area contributed by atoms with E-state index in [9.17, 15) is 0 Å². The molecule has 5 unspecified atom stereocenters. The largest absolute Gasteiger partial charge is 0.284 e. The molecule has 0 bridgehead atoms. The zero-order valence-corrected chi connectivity index (χ0v) is 25.8. The predicted octanol–water partition coefficient (Wildman–Crippen LogP) is 9.83. The van der Waals surface area contributed by atoms with Crippen molar-refractivity contribution in [2.75, 3.05) is 6.54 Å². The Morgan fingerprint density at radius 3 is 2.52 bits per heavy atom. The first-order valence-electron chi connectivity index (χ1n) is 16.3. The van der Waals surface area contributed by atoms with Crippen LogP contribution in [0.2, 0.25) is 0 Å². The average molecular weight is 576 g/mol. The molecule has 0 radical (unpaired) electrons. The molecule has 0 fully saturated rings. The van der Waals surface area contributed by atoms with E-state index in [2.05, 4.69) is 135 Å². The van der Waals surface area contributed by atoms with Gasteiger partial charge in [-0.25, -0.2) is 0 Å². The molecule has 0 saturated carbocycles. The quantitative estimate of drug-likeness (QED) is 0.338. The summed E-state index contributed by atoms with van der Waals surface area (Å²) in [5.74, 6) is 1.57. The number of aliphatic imine (C=N–C) groups is 2. The third-order valence-electron chi connectivity index (χ3n) is 9.59. The van der Waals surface area contributed by atoms with Gasteiger partial charge in [0.15, 0.2) is 0 Å². The molecule has 3 nitrogen and oxygen atoms in total. The molecule has 1 aromatic carbocycles.